The molecule has 0 aromatic carbocycles. The van der Waals surface area contributed by atoms with E-state index in [9.17, 15) is 5.11 Å². The summed E-state index contributed by atoms with van der Waals surface area (Å²) in [4.78, 5) is 10.1. The first kappa shape index (κ1) is 9.32. The van der Waals surface area contributed by atoms with E-state index in [4.69, 9.17) is 0 Å². The third kappa shape index (κ3) is 1.44. The van der Waals surface area contributed by atoms with Crippen LogP contribution in [0.15, 0.2) is 4.63 Å². The SMILES string of the molecule is Oc1nc2nonc2nc1N1CCCCC1. The van der Waals surface area contributed by atoms with Gasteiger partial charge in [-0.25, -0.2) is 4.63 Å². The van der Waals surface area contributed by atoms with Crippen molar-refractivity contribution in [2.45, 2.75) is 19.3 Å². The number of fused-ring (bicyclic) bond motifs is 1. The summed E-state index contributed by atoms with van der Waals surface area (Å²) in [5.74, 6) is 0.369. The van der Waals surface area contributed by atoms with Crippen molar-refractivity contribution in [3.63, 3.8) is 0 Å². The van der Waals surface area contributed by atoms with Crippen molar-refractivity contribution in [3.05, 3.63) is 0 Å². The van der Waals surface area contributed by atoms with Crippen LogP contribution in [0.3, 0.4) is 0 Å². The van der Waals surface area contributed by atoms with Crippen LogP contribution in [0.5, 0.6) is 5.88 Å². The molecule has 0 spiro atoms. The van der Waals surface area contributed by atoms with Gasteiger partial charge in [-0.3, -0.25) is 0 Å². The van der Waals surface area contributed by atoms with Gasteiger partial charge in [0.2, 0.25) is 11.3 Å². The normalized spacial score (nSPS) is 16.9. The summed E-state index contributed by atoms with van der Waals surface area (Å²) in [6.07, 6.45) is 3.44. The minimum atomic E-state index is -0.106. The van der Waals surface area contributed by atoms with Crippen LogP contribution in [0.25, 0.3) is 11.3 Å². The zero-order chi connectivity index (χ0) is 11.0. The van der Waals surface area contributed by atoms with Gasteiger partial charge in [0.05, 0.1) is 0 Å². The fourth-order valence-corrected chi connectivity index (χ4v) is 1.94. The second-order valence-corrected chi connectivity index (χ2v) is 3.83. The Morgan fingerprint density at radius 1 is 1.00 bits per heavy atom. The highest BCUT2D eigenvalue weighted by atomic mass is 16.6. The molecule has 1 aliphatic heterocycles. The lowest BCUT2D eigenvalue weighted by atomic mass is 10.1. The minimum absolute atomic E-state index is 0.106. The molecular formula is C9H11N5O2. The van der Waals surface area contributed by atoms with E-state index in [-0.39, 0.29) is 11.5 Å². The highest BCUT2D eigenvalue weighted by Gasteiger charge is 2.19. The Morgan fingerprint density at radius 3 is 2.44 bits per heavy atom. The van der Waals surface area contributed by atoms with Crippen LogP contribution < -0.4 is 4.90 Å². The summed E-state index contributed by atoms with van der Waals surface area (Å²) in [6.45, 7) is 1.78. The van der Waals surface area contributed by atoms with Crippen molar-refractivity contribution in [1.29, 1.82) is 0 Å². The summed E-state index contributed by atoms with van der Waals surface area (Å²) in [6, 6.07) is 0. The zero-order valence-corrected chi connectivity index (χ0v) is 8.63. The molecule has 0 bridgehead atoms. The van der Waals surface area contributed by atoms with Crippen molar-refractivity contribution in [2.24, 2.45) is 0 Å². The number of rotatable bonds is 1. The Bertz CT molecular complexity index is 506. The molecule has 2 aromatic rings. The lowest BCUT2D eigenvalue weighted by Gasteiger charge is -2.27. The van der Waals surface area contributed by atoms with Gasteiger partial charge in [0, 0.05) is 13.1 Å². The van der Waals surface area contributed by atoms with Gasteiger partial charge in [-0.2, -0.15) is 9.97 Å². The van der Waals surface area contributed by atoms with Crippen LogP contribution >= 0.6 is 0 Å². The first-order chi connectivity index (χ1) is 7.84. The van der Waals surface area contributed by atoms with Crippen molar-refractivity contribution in [3.8, 4) is 5.88 Å². The Hall–Kier alpha value is -1.92. The van der Waals surface area contributed by atoms with Crippen LogP contribution in [0, 0.1) is 0 Å². The largest absolute Gasteiger partial charge is 0.491 e. The van der Waals surface area contributed by atoms with E-state index in [0.717, 1.165) is 25.9 Å². The van der Waals surface area contributed by atoms with Crippen molar-refractivity contribution < 1.29 is 9.74 Å². The Labute approximate surface area is 91.1 Å². The number of piperidine rings is 1. The molecule has 1 saturated heterocycles. The molecule has 3 heterocycles. The molecule has 2 aromatic heterocycles. The number of anilines is 1. The number of hydrogen-bond donors (Lipinski definition) is 1. The maximum atomic E-state index is 9.75. The molecule has 3 rings (SSSR count). The molecule has 1 aliphatic rings. The molecule has 0 amide bonds. The number of aromatic hydroxyl groups is 1. The van der Waals surface area contributed by atoms with E-state index in [1.165, 1.54) is 6.42 Å². The summed E-state index contributed by atoms with van der Waals surface area (Å²) >= 11 is 0. The van der Waals surface area contributed by atoms with Gasteiger partial charge in [-0.15, -0.1) is 0 Å². The van der Waals surface area contributed by atoms with Crippen LogP contribution in [0.2, 0.25) is 0 Å². The zero-order valence-electron chi connectivity index (χ0n) is 8.63. The lowest BCUT2D eigenvalue weighted by Crippen LogP contribution is -2.30. The standard InChI is InChI=1S/C9H11N5O2/c15-9-8(14-4-2-1-3-5-14)10-6-7(11-9)13-16-12-6/h1-5H2,(H,11,13,15). The van der Waals surface area contributed by atoms with E-state index in [1.807, 2.05) is 4.90 Å². The van der Waals surface area contributed by atoms with E-state index in [0.29, 0.717) is 11.5 Å². The molecule has 0 aliphatic carbocycles. The predicted molar refractivity (Wildman–Crippen MR) is 55.1 cm³/mol. The van der Waals surface area contributed by atoms with Crippen molar-refractivity contribution in [2.75, 3.05) is 18.0 Å². The molecule has 16 heavy (non-hydrogen) atoms. The smallest absolute Gasteiger partial charge is 0.257 e. The summed E-state index contributed by atoms with van der Waals surface area (Å²) < 4.78 is 4.51. The van der Waals surface area contributed by atoms with E-state index < -0.39 is 0 Å². The first-order valence-corrected chi connectivity index (χ1v) is 5.29. The average Bonchev–Trinajstić information content (AvgIpc) is 2.76. The third-order valence-corrected chi connectivity index (χ3v) is 2.73. The van der Waals surface area contributed by atoms with Crippen molar-refractivity contribution >= 4 is 17.1 Å². The molecular weight excluding hydrogens is 210 g/mol. The summed E-state index contributed by atoms with van der Waals surface area (Å²) in [7, 11) is 0. The topological polar surface area (TPSA) is 88.2 Å². The Morgan fingerprint density at radius 2 is 1.69 bits per heavy atom. The van der Waals surface area contributed by atoms with Crippen molar-refractivity contribution in [1.82, 2.24) is 20.3 Å². The fraction of sp³-hybridized carbons (Fsp3) is 0.556. The van der Waals surface area contributed by atoms with Gasteiger partial charge >= 0.3 is 0 Å². The van der Waals surface area contributed by atoms with Crippen LogP contribution in [-0.4, -0.2) is 38.5 Å². The van der Waals surface area contributed by atoms with E-state index in [1.54, 1.807) is 0 Å². The predicted octanol–water partition coefficient (Wildman–Crippen LogP) is 0.709. The summed E-state index contributed by atoms with van der Waals surface area (Å²) in [5, 5.41) is 16.9. The van der Waals surface area contributed by atoms with E-state index in [2.05, 4.69) is 24.9 Å². The number of aromatic nitrogens is 4. The second kappa shape index (κ2) is 3.58. The average molecular weight is 221 g/mol. The molecule has 0 radical (unpaired) electrons. The van der Waals surface area contributed by atoms with Gasteiger partial charge in [0.15, 0.2) is 5.82 Å². The molecule has 1 fully saturated rings. The maximum absolute atomic E-state index is 9.75. The molecule has 84 valence electrons. The number of hydrogen-bond acceptors (Lipinski definition) is 7. The van der Waals surface area contributed by atoms with Gasteiger partial charge < -0.3 is 10.0 Å². The van der Waals surface area contributed by atoms with Gasteiger partial charge in [-0.05, 0) is 29.6 Å². The monoisotopic (exact) mass is 221 g/mol. The maximum Gasteiger partial charge on any atom is 0.257 e. The van der Waals surface area contributed by atoms with Crippen LogP contribution in [-0.2, 0) is 0 Å². The summed E-state index contributed by atoms with van der Waals surface area (Å²) in [5.41, 5.74) is 0.566. The van der Waals surface area contributed by atoms with E-state index >= 15 is 0 Å². The highest BCUT2D eigenvalue weighted by Crippen LogP contribution is 2.26. The second-order valence-electron chi connectivity index (χ2n) is 3.83. The number of nitrogens with zero attached hydrogens (tertiary/aromatic N) is 5. The minimum Gasteiger partial charge on any atom is -0.491 e. The molecule has 7 nitrogen and oxygen atoms in total. The Balaban J connectivity index is 2.03. The molecule has 1 N–H and O–H groups in total. The lowest BCUT2D eigenvalue weighted by molar-refractivity contribution is 0.314. The van der Waals surface area contributed by atoms with Crippen LogP contribution in [0.4, 0.5) is 5.82 Å². The molecule has 0 saturated carbocycles. The fourth-order valence-electron chi connectivity index (χ4n) is 1.94. The molecule has 0 unspecified atom stereocenters. The highest BCUT2D eigenvalue weighted by molar-refractivity contribution is 5.68. The van der Waals surface area contributed by atoms with Gasteiger partial charge in [0.25, 0.3) is 5.88 Å². The third-order valence-electron chi connectivity index (χ3n) is 2.73. The quantitative estimate of drug-likeness (QED) is 0.758. The Kier molecular flexibility index (Phi) is 2.09. The molecule has 0 atom stereocenters. The molecule has 7 heteroatoms. The van der Waals surface area contributed by atoms with Crippen LogP contribution in [0.1, 0.15) is 19.3 Å². The first-order valence-electron chi connectivity index (χ1n) is 5.29. The van der Waals surface area contributed by atoms with Gasteiger partial charge in [-0.1, -0.05) is 0 Å². The van der Waals surface area contributed by atoms with Gasteiger partial charge in [0.1, 0.15) is 0 Å².